The highest BCUT2D eigenvalue weighted by atomic mass is 16.4. The largest absolute Gasteiger partial charge is 0.508 e. The molecule has 0 saturated heterocycles. The van der Waals surface area contributed by atoms with Crippen molar-refractivity contribution in [3.05, 3.63) is 102 Å². The monoisotopic (exact) mass is 345 g/mol. The Labute approximate surface area is 152 Å². The molecule has 0 aromatic heterocycles. The van der Waals surface area contributed by atoms with Crippen LogP contribution in [0.1, 0.15) is 16.7 Å². The molecule has 0 aliphatic rings. The highest BCUT2D eigenvalue weighted by Crippen LogP contribution is 2.17. The molecule has 0 bridgehead atoms. The van der Waals surface area contributed by atoms with E-state index in [0.29, 0.717) is 5.71 Å². The first-order chi connectivity index (χ1) is 12.6. The lowest BCUT2D eigenvalue weighted by Crippen LogP contribution is -2.23. The summed E-state index contributed by atoms with van der Waals surface area (Å²) >= 11 is 0. The summed E-state index contributed by atoms with van der Waals surface area (Å²) < 4.78 is 0. The van der Waals surface area contributed by atoms with Crippen LogP contribution in [0.3, 0.4) is 0 Å². The van der Waals surface area contributed by atoms with Gasteiger partial charge >= 0.3 is 5.97 Å². The van der Waals surface area contributed by atoms with E-state index >= 15 is 0 Å². The molecule has 0 amide bonds. The number of phenolic OH excluding ortho intramolecular Hbond substituents is 1. The summed E-state index contributed by atoms with van der Waals surface area (Å²) in [6.45, 7) is 0. The first-order valence-electron chi connectivity index (χ1n) is 8.33. The van der Waals surface area contributed by atoms with Gasteiger partial charge in [-0.05, 0) is 17.7 Å². The molecule has 0 spiro atoms. The van der Waals surface area contributed by atoms with Crippen LogP contribution in [-0.2, 0) is 11.2 Å². The maximum absolute atomic E-state index is 11.8. The highest BCUT2D eigenvalue weighted by molar-refractivity contribution is 6.13. The minimum Gasteiger partial charge on any atom is -0.508 e. The van der Waals surface area contributed by atoms with Gasteiger partial charge in [-0.1, -0.05) is 72.8 Å². The van der Waals surface area contributed by atoms with Crippen molar-refractivity contribution in [2.45, 2.75) is 12.5 Å². The molecule has 0 fully saturated rings. The number of nitrogens with zero attached hydrogens (tertiary/aromatic N) is 1. The van der Waals surface area contributed by atoms with E-state index in [1.165, 1.54) is 0 Å². The number of carbonyl (C=O) groups is 1. The fraction of sp³-hybridized carbons (Fsp3) is 0.0909. The van der Waals surface area contributed by atoms with Gasteiger partial charge in [-0.25, -0.2) is 4.79 Å². The molecule has 0 saturated carbocycles. The van der Waals surface area contributed by atoms with Gasteiger partial charge < -0.3 is 10.2 Å². The molecule has 2 N–H and O–H groups in total. The van der Waals surface area contributed by atoms with Crippen molar-refractivity contribution in [2.75, 3.05) is 0 Å². The van der Waals surface area contributed by atoms with Crippen LogP contribution >= 0.6 is 0 Å². The number of rotatable bonds is 6. The Bertz CT molecular complexity index is 863. The number of phenols is 1. The number of carboxylic acids is 1. The lowest BCUT2D eigenvalue weighted by atomic mass is 10.0. The minimum absolute atomic E-state index is 0.113. The van der Waals surface area contributed by atoms with Crippen molar-refractivity contribution in [3.8, 4) is 5.75 Å². The fourth-order valence-electron chi connectivity index (χ4n) is 2.76. The van der Waals surface area contributed by atoms with Gasteiger partial charge in [0.25, 0.3) is 0 Å². The summed E-state index contributed by atoms with van der Waals surface area (Å²) in [4.78, 5) is 16.4. The second-order valence-electron chi connectivity index (χ2n) is 5.94. The van der Waals surface area contributed by atoms with Gasteiger partial charge in [0.1, 0.15) is 5.75 Å². The van der Waals surface area contributed by atoms with E-state index in [1.807, 2.05) is 60.7 Å². The van der Waals surface area contributed by atoms with Crippen LogP contribution < -0.4 is 0 Å². The molecular formula is C22H19NO3. The second-order valence-corrected chi connectivity index (χ2v) is 5.94. The van der Waals surface area contributed by atoms with Crippen molar-refractivity contribution in [3.63, 3.8) is 0 Å². The summed E-state index contributed by atoms with van der Waals surface area (Å²) in [5.41, 5.74) is 3.09. The standard InChI is InChI=1S/C22H19NO3/c24-19-13-7-8-16(14-19)15-20(22(25)26)23-21(17-9-3-1-4-10-17)18-11-5-2-6-12-18/h1-14,20,24H,15H2,(H,25,26)/t20-/m0/s1. The topological polar surface area (TPSA) is 69.9 Å². The van der Waals surface area contributed by atoms with Gasteiger partial charge in [0.05, 0.1) is 5.71 Å². The van der Waals surface area contributed by atoms with Crippen molar-refractivity contribution < 1.29 is 15.0 Å². The number of benzene rings is 3. The zero-order valence-corrected chi connectivity index (χ0v) is 14.1. The summed E-state index contributed by atoms with van der Waals surface area (Å²) in [7, 11) is 0. The van der Waals surface area contributed by atoms with Crippen LogP contribution in [0.25, 0.3) is 0 Å². The van der Waals surface area contributed by atoms with E-state index in [4.69, 9.17) is 0 Å². The number of hydrogen-bond donors (Lipinski definition) is 2. The number of aromatic hydroxyl groups is 1. The molecule has 0 radical (unpaired) electrons. The zero-order chi connectivity index (χ0) is 18.4. The summed E-state index contributed by atoms with van der Waals surface area (Å²) in [6.07, 6.45) is 0.201. The summed E-state index contributed by atoms with van der Waals surface area (Å²) in [5.74, 6) is -0.889. The molecule has 0 aliphatic heterocycles. The molecule has 1 atom stereocenters. The van der Waals surface area contributed by atoms with E-state index in [1.54, 1.807) is 24.3 Å². The average molecular weight is 345 g/mol. The Morgan fingerprint density at radius 3 is 1.92 bits per heavy atom. The maximum atomic E-state index is 11.8. The molecule has 0 aliphatic carbocycles. The molecule has 3 aromatic rings. The zero-order valence-electron chi connectivity index (χ0n) is 14.1. The Morgan fingerprint density at radius 1 is 0.846 bits per heavy atom. The van der Waals surface area contributed by atoms with Gasteiger partial charge in [-0.3, -0.25) is 4.99 Å². The Balaban J connectivity index is 2.02. The van der Waals surface area contributed by atoms with Gasteiger partial charge in [0.15, 0.2) is 6.04 Å². The lowest BCUT2D eigenvalue weighted by Gasteiger charge is -2.13. The molecule has 3 rings (SSSR count). The first-order valence-corrected chi connectivity index (χ1v) is 8.33. The third-order valence-corrected chi connectivity index (χ3v) is 4.00. The predicted molar refractivity (Wildman–Crippen MR) is 102 cm³/mol. The predicted octanol–water partition coefficient (Wildman–Crippen LogP) is 3.93. The number of hydrogen-bond acceptors (Lipinski definition) is 3. The highest BCUT2D eigenvalue weighted by Gasteiger charge is 2.19. The van der Waals surface area contributed by atoms with Crippen LogP contribution in [0.15, 0.2) is 89.9 Å². The van der Waals surface area contributed by atoms with Crippen LogP contribution in [0.5, 0.6) is 5.75 Å². The molecular weight excluding hydrogens is 326 g/mol. The Kier molecular flexibility index (Phi) is 5.44. The Hall–Kier alpha value is -3.40. The van der Waals surface area contributed by atoms with Crippen molar-refractivity contribution in [1.82, 2.24) is 0 Å². The molecule has 0 heterocycles. The average Bonchev–Trinajstić information content (AvgIpc) is 2.66. The van der Waals surface area contributed by atoms with Crippen LogP contribution in [0.4, 0.5) is 0 Å². The molecule has 130 valence electrons. The van der Waals surface area contributed by atoms with Crippen molar-refractivity contribution in [2.24, 2.45) is 4.99 Å². The van der Waals surface area contributed by atoms with E-state index in [2.05, 4.69) is 4.99 Å². The first kappa shape index (κ1) is 17.4. The van der Waals surface area contributed by atoms with E-state index in [9.17, 15) is 15.0 Å². The molecule has 26 heavy (non-hydrogen) atoms. The third-order valence-electron chi connectivity index (χ3n) is 4.00. The number of aliphatic imine (C=N–C) groups is 1. The van der Waals surface area contributed by atoms with Crippen LogP contribution in [0.2, 0.25) is 0 Å². The number of carboxylic acid groups (broad SMARTS) is 1. The molecule has 0 unspecified atom stereocenters. The molecule has 4 nitrogen and oxygen atoms in total. The quantitative estimate of drug-likeness (QED) is 0.665. The second kappa shape index (κ2) is 8.12. The summed E-state index contributed by atoms with van der Waals surface area (Å²) in [6, 6.07) is 24.7. The number of aliphatic carboxylic acids is 1. The van der Waals surface area contributed by atoms with Crippen LogP contribution in [0, 0.1) is 0 Å². The van der Waals surface area contributed by atoms with E-state index in [0.717, 1.165) is 16.7 Å². The van der Waals surface area contributed by atoms with Gasteiger partial charge in [-0.2, -0.15) is 0 Å². The third kappa shape index (κ3) is 4.36. The fourth-order valence-corrected chi connectivity index (χ4v) is 2.76. The van der Waals surface area contributed by atoms with Gasteiger partial charge in [0, 0.05) is 17.5 Å². The minimum atomic E-state index is -1.00. The van der Waals surface area contributed by atoms with Gasteiger partial charge in [0.2, 0.25) is 0 Å². The van der Waals surface area contributed by atoms with Crippen LogP contribution in [-0.4, -0.2) is 27.9 Å². The van der Waals surface area contributed by atoms with E-state index < -0.39 is 12.0 Å². The Morgan fingerprint density at radius 2 is 1.42 bits per heavy atom. The maximum Gasteiger partial charge on any atom is 0.328 e. The smallest absolute Gasteiger partial charge is 0.328 e. The van der Waals surface area contributed by atoms with Crippen molar-refractivity contribution in [1.29, 1.82) is 0 Å². The van der Waals surface area contributed by atoms with Gasteiger partial charge in [-0.15, -0.1) is 0 Å². The lowest BCUT2D eigenvalue weighted by molar-refractivity contribution is -0.138. The van der Waals surface area contributed by atoms with E-state index in [-0.39, 0.29) is 12.2 Å². The molecule has 3 aromatic carbocycles. The normalized spacial score (nSPS) is 11.5. The molecule has 4 heteroatoms. The van der Waals surface area contributed by atoms with Crippen molar-refractivity contribution >= 4 is 11.7 Å². The summed E-state index contributed by atoms with van der Waals surface area (Å²) in [5, 5.41) is 19.3. The SMILES string of the molecule is O=C(O)[C@H](Cc1cccc(O)c1)N=C(c1ccccc1)c1ccccc1.